The molecule has 5 heteroatoms. The van der Waals surface area contributed by atoms with Gasteiger partial charge in [-0.15, -0.1) is 0 Å². The first-order valence-corrected chi connectivity index (χ1v) is 3.45. The van der Waals surface area contributed by atoms with Crippen molar-refractivity contribution in [2.45, 2.75) is 37.6 Å². The van der Waals surface area contributed by atoms with Crippen molar-refractivity contribution in [2.75, 3.05) is 0 Å². The van der Waals surface area contributed by atoms with Gasteiger partial charge in [0.25, 0.3) is 0 Å². The topological polar surface area (TPSA) is 75.7 Å². The number of aliphatic hydroxyl groups is 2. The van der Waals surface area contributed by atoms with Gasteiger partial charge in [0.1, 0.15) is 12.3 Å². The van der Waals surface area contributed by atoms with Crippen LogP contribution in [0.25, 0.3) is 0 Å². The van der Waals surface area contributed by atoms with Crippen LogP contribution in [-0.4, -0.2) is 40.9 Å². The van der Waals surface area contributed by atoms with Gasteiger partial charge in [0.15, 0.2) is 6.29 Å². The van der Waals surface area contributed by atoms with Gasteiger partial charge in [-0.25, -0.2) is 4.39 Å². The van der Waals surface area contributed by atoms with E-state index < -0.39 is 30.7 Å². The van der Waals surface area contributed by atoms with E-state index in [0.29, 0.717) is 0 Å². The molecule has 0 radical (unpaired) electrons. The Bertz CT molecular complexity index is 132. The zero-order valence-corrected chi connectivity index (χ0v) is 6.14. The average molecular weight is 165 g/mol. The highest BCUT2D eigenvalue weighted by molar-refractivity contribution is 4.89. The highest BCUT2D eigenvalue weighted by atomic mass is 19.1. The third-order valence-corrected chi connectivity index (χ3v) is 1.88. The van der Waals surface area contributed by atoms with Crippen molar-refractivity contribution in [1.29, 1.82) is 0 Å². The Morgan fingerprint density at radius 2 is 2.00 bits per heavy atom. The van der Waals surface area contributed by atoms with Crippen LogP contribution in [0.15, 0.2) is 0 Å². The molecule has 0 spiro atoms. The first-order valence-electron chi connectivity index (χ1n) is 3.45. The molecule has 0 amide bonds. The molecule has 4 N–H and O–H groups in total. The summed E-state index contributed by atoms with van der Waals surface area (Å²) < 4.78 is 17.6. The zero-order valence-electron chi connectivity index (χ0n) is 6.14. The second-order valence-electron chi connectivity index (χ2n) is 2.74. The minimum atomic E-state index is -1.62. The van der Waals surface area contributed by atoms with E-state index in [1.807, 2.05) is 0 Å². The largest absolute Gasteiger partial charge is 0.385 e. The molecule has 4 nitrogen and oxygen atoms in total. The zero-order chi connectivity index (χ0) is 8.59. The fourth-order valence-corrected chi connectivity index (χ4v) is 1.04. The lowest BCUT2D eigenvalue weighted by molar-refractivity contribution is -0.237. The molecule has 0 unspecified atom stereocenters. The van der Waals surface area contributed by atoms with Crippen LogP contribution in [0.4, 0.5) is 4.39 Å². The molecule has 1 saturated heterocycles. The molecular formula is C6H12FNO3. The van der Waals surface area contributed by atoms with E-state index in [1.54, 1.807) is 6.92 Å². The normalized spacial score (nSPS) is 52.6. The first kappa shape index (κ1) is 8.86. The Morgan fingerprint density at radius 3 is 2.55 bits per heavy atom. The summed E-state index contributed by atoms with van der Waals surface area (Å²) >= 11 is 0. The minimum Gasteiger partial charge on any atom is -0.385 e. The van der Waals surface area contributed by atoms with Crippen LogP contribution in [-0.2, 0) is 4.74 Å². The van der Waals surface area contributed by atoms with E-state index in [9.17, 15) is 4.39 Å². The molecule has 1 rings (SSSR count). The number of rotatable bonds is 0. The van der Waals surface area contributed by atoms with Crippen molar-refractivity contribution in [3.63, 3.8) is 0 Å². The molecule has 0 aromatic carbocycles. The highest BCUT2D eigenvalue weighted by Crippen LogP contribution is 2.20. The molecule has 1 heterocycles. The maximum atomic E-state index is 12.9. The maximum Gasteiger partial charge on any atom is 0.184 e. The molecule has 0 aromatic heterocycles. The number of aliphatic hydroxyl groups excluding tert-OH is 2. The second-order valence-corrected chi connectivity index (χ2v) is 2.74. The van der Waals surface area contributed by atoms with Gasteiger partial charge in [-0.1, -0.05) is 0 Å². The second kappa shape index (κ2) is 3.02. The van der Waals surface area contributed by atoms with Gasteiger partial charge in [-0.3, -0.25) is 0 Å². The summed E-state index contributed by atoms with van der Waals surface area (Å²) in [5.74, 6) is 0. The van der Waals surface area contributed by atoms with Gasteiger partial charge >= 0.3 is 0 Å². The molecule has 11 heavy (non-hydrogen) atoms. The highest BCUT2D eigenvalue weighted by Gasteiger charge is 2.41. The molecule has 1 aliphatic heterocycles. The van der Waals surface area contributed by atoms with Crippen LogP contribution in [0.3, 0.4) is 0 Å². The van der Waals surface area contributed by atoms with Gasteiger partial charge in [0, 0.05) is 0 Å². The maximum absolute atomic E-state index is 12.9. The summed E-state index contributed by atoms with van der Waals surface area (Å²) in [7, 11) is 0. The molecule has 0 aromatic rings. The van der Waals surface area contributed by atoms with Crippen molar-refractivity contribution < 1.29 is 19.3 Å². The fraction of sp³-hybridized carbons (Fsp3) is 1.00. The van der Waals surface area contributed by atoms with Gasteiger partial charge in [0.05, 0.1) is 12.1 Å². The van der Waals surface area contributed by atoms with Crippen LogP contribution in [0, 0.1) is 0 Å². The standard InChI is InChI=1S/C6H12FNO3/c1-2-4(8)3(7)5(9)6(10)11-2/h2-6,9-10H,8H2,1H3/t2-,3+,4-,5+,6+/m1/s1. The number of halogens is 1. The Labute approximate surface area is 63.8 Å². The number of ether oxygens (including phenoxy) is 1. The average Bonchev–Trinajstić information content (AvgIpc) is 1.97. The lowest BCUT2D eigenvalue weighted by Gasteiger charge is -2.36. The van der Waals surface area contributed by atoms with Gasteiger partial charge < -0.3 is 20.7 Å². The molecule has 0 aliphatic carbocycles. The van der Waals surface area contributed by atoms with Crippen LogP contribution in [0.1, 0.15) is 6.92 Å². The summed E-state index contributed by atoms with van der Waals surface area (Å²) in [6.45, 7) is 1.55. The monoisotopic (exact) mass is 165 g/mol. The number of hydrogen-bond acceptors (Lipinski definition) is 4. The fourth-order valence-electron chi connectivity index (χ4n) is 1.04. The summed E-state index contributed by atoms with van der Waals surface area (Å²) in [4.78, 5) is 0. The van der Waals surface area contributed by atoms with E-state index in [1.165, 1.54) is 0 Å². The SMILES string of the molecule is C[C@H]1O[C@H](O)[C@@H](O)[C@@H](F)[C@@H]1N. The van der Waals surface area contributed by atoms with Crippen LogP contribution >= 0.6 is 0 Å². The van der Waals surface area contributed by atoms with Gasteiger partial charge in [-0.05, 0) is 6.92 Å². The number of alkyl halides is 1. The van der Waals surface area contributed by atoms with E-state index in [4.69, 9.17) is 20.7 Å². The van der Waals surface area contributed by atoms with E-state index in [-0.39, 0.29) is 0 Å². The molecule has 1 aliphatic rings. The van der Waals surface area contributed by atoms with Crippen LogP contribution in [0.5, 0.6) is 0 Å². The van der Waals surface area contributed by atoms with Crippen molar-refractivity contribution in [1.82, 2.24) is 0 Å². The first-order chi connectivity index (χ1) is 5.04. The Morgan fingerprint density at radius 1 is 1.45 bits per heavy atom. The van der Waals surface area contributed by atoms with E-state index in [2.05, 4.69) is 0 Å². The van der Waals surface area contributed by atoms with Crippen molar-refractivity contribution in [3.8, 4) is 0 Å². The Hall–Kier alpha value is -0.230. The quantitative estimate of drug-likeness (QED) is 0.419. The van der Waals surface area contributed by atoms with Crippen molar-refractivity contribution in [2.24, 2.45) is 5.73 Å². The predicted molar refractivity (Wildman–Crippen MR) is 35.4 cm³/mol. The molecule has 1 fully saturated rings. The lowest BCUT2D eigenvalue weighted by atomic mass is 10.00. The molecule has 0 saturated carbocycles. The predicted octanol–water partition coefficient (Wildman–Crippen LogP) is -1.25. The summed E-state index contributed by atoms with van der Waals surface area (Å²) in [5, 5.41) is 17.8. The van der Waals surface area contributed by atoms with E-state index in [0.717, 1.165) is 0 Å². The molecular weight excluding hydrogens is 153 g/mol. The summed E-state index contributed by atoms with van der Waals surface area (Å²) in [6, 6.07) is -0.867. The number of nitrogens with two attached hydrogens (primary N) is 1. The lowest BCUT2D eigenvalue weighted by Crippen LogP contribution is -2.58. The minimum absolute atomic E-state index is 0.566. The van der Waals surface area contributed by atoms with Gasteiger partial charge in [-0.2, -0.15) is 0 Å². The van der Waals surface area contributed by atoms with Gasteiger partial charge in [0.2, 0.25) is 0 Å². The smallest absolute Gasteiger partial charge is 0.184 e. The third-order valence-electron chi connectivity index (χ3n) is 1.88. The summed E-state index contributed by atoms with van der Waals surface area (Å²) in [5.41, 5.74) is 5.30. The number of hydrogen-bond donors (Lipinski definition) is 3. The molecule has 0 bridgehead atoms. The molecule has 66 valence electrons. The third kappa shape index (κ3) is 1.51. The molecule has 5 atom stereocenters. The van der Waals surface area contributed by atoms with Crippen LogP contribution < -0.4 is 5.73 Å². The van der Waals surface area contributed by atoms with Crippen molar-refractivity contribution >= 4 is 0 Å². The Kier molecular flexibility index (Phi) is 2.43. The Balaban J connectivity index is 2.63. The summed E-state index contributed by atoms with van der Waals surface area (Å²) in [6.07, 6.45) is -5.17. The van der Waals surface area contributed by atoms with Crippen molar-refractivity contribution in [3.05, 3.63) is 0 Å². The van der Waals surface area contributed by atoms with Crippen LogP contribution in [0.2, 0.25) is 0 Å². The van der Waals surface area contributed by atoms with E-state index >= 15 is 0 Å².